The lowest BCUT2D eigenvalue weighted by Crippen LogP contribution is -2.04. The lowest BCUT2D eigenvalue weighted by Gasteiger charge is -2.01. The third-order valence-electron chi connectivity index (χ3n) is 3.60. The second-order valence-corrected chi connectivity index (χ2v) is 5.84. The van der Waals surface area contributed by atoms with Crippen LogP contribution < -0.4 is 0 Å². The van der Waals surface area contributed by atoms with Gasteiger partial charge in [0.1, 0.15) is 0 Å². The topological polar surface area (TPSA) is 35.5 Å². The maximum absolute atomic E-state index is 11.2. The second kappa shape index (κ2) is 19.0. The third kappa shape index (κ3) is 18.9. The quantitative estimate of drug-likeness (QED) is 0.145. The summed E-state index contributed by atoms with van der Waals surface area (Å²) < 4.78 is 0. The van der Waals surface area contributed by atoms with E-state index in [1.165, 1.54) is 44.9 Å². The molecule has 0 spiro atoms. The average Bonchev–Trinajstić information content (AvgIpc) is 2.56. The minimum atomic E-state index is -0.252. The summed E-state index contributed by atoms with van der Waals surface area (Å²) in [6.45, 7) is 4.45. The Labute approximate surface area is 143 Å². The molecule has 0 saturated carbocycles. The van der Waals surface area contributed by atoms with Crippen LogP contribution in [0.25, 0.3) is 0 Å². The summed E-state index contributed by atoms with van der Waals surface area (Å²) in [7, 11) is 0. The van der Waals surface area contributed by atoms with Gasteiger partial charge in [0.05, 0.1) is 6.61 Å². The predicted octanol–water partition coefficient (Wildman–Crippen LogP) is 6.29. The van der Waals surface area contributed by atoms with Gasteiger partial charge in [0.2, 0.25) is 0 Å². The van der Waals surface area contributed by atoms with Gasteiger partial charge in [-0.1, -0.05) is 63.3 Å². The lowest BCUT2D eigenvalue weighted by atomic mass is 10.1. The van der Waals surface area contributed by atoms with Gasteiger partial charge < -0.3 is 0 Å². The van der Waals surface area contributed by atoms with Gasteiger partial charge in [-0.25, -0.2) is 4.79 Å². The molecule has 0 aliphatic carbocycles. The van der Waals surface area contributed by atoms with Crippen LogP contribution in [0, 0.1) is 0 Å². The minimum absolute atomic E-state index is 0.252. The highest BCUT2D eigenvalue weighted by Gasteiger charge is 2.02. The summed E-state index contributed by atoms with van der Waals surface area (Å²) >= 11 is 0. The standard InChI is InChI=1S/C20H36O3/c1-3-5-6-7-8-9-10-11-12-13-14-15-16-17-18-19-20(21)23-22-4-2/h8-9,11-12H,3-7,10,13-19H2,1-2H3/b9-8+,12-11+. The van der Waals surface area contributed by atoms with E-state index < -0.39 is 0 Å². The van der Waals surface area contributed by atoms with Gasteiger partial charge in [0.25, 0.3) is 0 Å². The molecule has 23 heavy (non-hydrogen) atoms. The number of hydrogen-bond donors (Lipinski definition) is 0. The zero-order chi connectivity index (χ0) is 17.0. The highest BCUT2D eigenvalue weighted by Crippen LogP contribution is 2.08. The molecule has 0 aliphatic heterocycles. The van der Waals surface area contributed by atoms with Crippen molar-refractivity contribution >= 4 is 5.97 Å². The number of hydrogen-bond acceptors (Lipinski definition) is 3. The van der Waals surface area contributed by atoms with Crippen molar-refractivity contribution < 1.29 is 14.6 Å². The van der Waals surface area contributed by atoms with Gasteiger partial charge in [-0.15, -0.1) is 0 Å². The molecule has 0 heterocycles. The van der Waals surface area contributed by atoms with Crippen molar-refractivity contribution in [3.05, 3.63) is 24.3 Å². The van der Waals surface area contributed by atoms with Gasteiger partial charge >= 0.3 is 5.97 Å². The van der Waals surface area contributed by atoms with E-state index in [2.05, 4.69) is 41.0 Å². The van der Waals surface area contributed by atoms with Gasteiger partial charge in [-0.3, -0.25) is 4.89 Å². The van der Waals surface area contributed by atoms with Crippen LogP contribution in [-0.4, -0.2) is 12.6 Å². The maximum Gasteiger partial charge on any atom is 0.342 e. The van der Waals surface area contributed by atoms with Gasteiger partial charge in [-0.2, -0.15) is 4.89 Å². The molecule has 0 N–H and O–H groups in total. The van der Waals surface area contributed by atoms with Crippen LogP contribution in [0.2, 0.25) is 0 Å². The van der Waals surface area contributed by atoms with Crippen molar-refractivity contribution in [3.8, 4) is 0 Å². The van der Waals surface area contributed by atoms with Crippen LogP contribution in [-0.2, 0) is 14.6 Å². The largest absolute Gasteiger partial charge is 0.342 e. The lowest BCUT2D eigenvalue weighted by molar-refractivity contribution is -0.269. The second-order valence-electron chi connectivity index (χ2n) is 5.84. The van der Waals surface area contributed by atoms with Crippen molar-refractivity contribution in [2.24, 2.45) is 0 Å². The number of carbonyl (C=O) groups excluding carboxylic acids is 1. The maximum atomic E-state index is 11.2. The van der Waals surface area contributed by atoms with Crippen LogP contribution >= 0.6 is 0 Å². The Hall–Kier alpha value is -1.09. The first-order valence-corrected chi connectivity index (χ1v) is 9.43. The molecule has 0 unspecified atom stereocenters. The molecule has 0 rings (SSSR count). The summed E-state index contributed by atoms with van der Waals surface area (Å²) in [4.78, 5) is 20.3. The summed E-state index contributed by atoms with van der Waals surface area (Å²) in [5.41, 5.74) is 0. The van der Waals surface area contributed by atoms with E-state index in [0.29, 0.717) is 13.0 Å². The molecule has 0 saturated heterocycles. The Morgan fingerprint density at radius 2 is 1.39 bits per heavy atom. The number of rotatable bonds is 16. The SMILES string of the molecule is CCCCC/C=C/C/C=C/CCCCCCCC(=O)OOCC. The molecule has 0 aromatic carbocycles. The molecule has 0 aliphatic rings. The fourth-order valence-corrected chi connectivity index (χ4v) is 2.25. The van der Waals surface area contributed by atoms with Crippen LogP contribution in [0.1, 0.15) is 90.9 Å². The zero-order valence-corrected chi connectivity index (χ0v) is 15.2. The average molecular weight is 325 g/mol. The highest BCUT2D eigenvalue weighted by atomic mass is 17.2. The molecule has 0 radical (unpaired) electrons. The fourth-order valence-electron chi connectivity index (χ4n) is 2.25. The van der Waals surface area contributed by atoms with Gasteiger partial charge in [0, 0.05) is 6.42 Å². The van der Waals surface area contributed by atoms with Crippen molar-refractivity contribution in [1.82, 2.24) is 0 Å². The van der Waals surface area contributed by atoms with Crippen molar-refractivity contribution in [2.75, 3.05) is 6.61 Å². The zero-order valence-electron chi connectivity index (χ0n) is 15.2. The summed E-state index contributed by atoms with van der Waals surface area (Å²) in [6.07, 6.45) is 22.6. The van der Waals surface area contributed by atoms with Gasteiger partial charge in [-0.05, 0) is 45.4 Å². The van der Waals surface area contributed by atoms with E-state index in [1.54, 1.807) is 6.92 Å². The normalized spacial score (nSPS) is 11.6. The predicted molar refractivity (Wildman–Crippen MR) is 97.1 cm³/mol. The van der Waals surface area contributed by atoms with Crippen LogP contribution in [0.15, 0.2) is 24.3 Å². The first kappa shape index (κ1) is 21.9. The Morgan fingerprint density at radius 1 is 0.783 bits per heavy atom. The van der Waals surface area contributed by atoms with Crippen molar-refractivity contribution in [3.63, 3.8) is 0 Å². The molecule has 0 fully saturated rings. The first-order chi connectivity index (χ1) is 11.3. The minimum Gasteiger partial charge on any atom is -0.298 e. The Balaban J connectivity index is 3.23. The third-order valence-corrected chi connectivity index (χ3v) is 3.60. The molecular weight excluding hydrogens is 288 g/mol. The fraction of sp³-hybridized carbons (Fsp3) is 0.750. The van der Waals surface area contributed by atoms with Crippen molar-refractivity contribution in [2.45, 2.75) is 90.9 Å². The van der Waals surface area contributed by atoms with E-state index in [4.69, 9.17) is 0 Å². The van der Waals surface area contributed by atoms with Crippen molar-refractivity contribution in [1.29, 1.82) is 0 Å². The van der Waals surface area contributed by atoms with Crippen LogP contribution in [0.3, 0.4) is 0 Å². The van der Waals surface area contributed by atoms with E-state index in [9.17, 15) is 4.79 Å². The van der Waals surface area contributed by atoms with E-state index >= 15 is 0 Å². The number of unbranched alkanes of at least 4 members (excludes halogenated alkanes) is 8. The van der Waals surface area contributed by atoms with Gasteiger partial charge in [0.15, 0.2) is 0 Å². The molecular formula is C20H36O3. The van der Waals surface area contributed by atoms with E-state index in [0.717, 1.165) is 25.7 Å². The molecule has 0 amide bonds. The summed E-state index contributed by atoms with van der Waals surface area (Å²) in [5, 5.41) is 0. The molecule has 0 bridgehead atoms. The summed E-state index contributed by atoms with van der Waals surface area (Å²) in [6, 6.07) is 0. The van der Waals surface area contributed by atoms with Crippen LogP contribution in [0.4, 0.5) is 0 Å². The Morgan fingerprint density at radius 3 is 2.04 bits per heavy atom. The molecule has 3 heteroatoms. The highest BCUT2D eigenvalue weighted by molar-refractivity contribution is 5.68. The van der Waals surface area contributed by atoms with E-state index in [1.807, 2.05) is 0 Å². The molecule has 0 aromatic heterocycles. The molecule has 0 atom stereocenters. The smallest absolute Gasteiger partial charge is 0.298 e. The molecule has 0 aromatic rings. The first-order valence-electron chi connectivity index (χ1n) is 9.43. The van der Waals surface area contributed by atoms with Crippen LogP contribution in [0.5, 0.6) is 0 Å². The number of carbonyl (C=O) groups is 1. The summed E-state index contributed by atoms with van der Waals surface area (Å²) in [5.74, 6) is -0.252. The Bertz CT molecular complexity index is 308. The Kier molecular flexibility index (Phi) is 18.1. The monoisotopic (exact) mass is 324 g/mol. The molecule has 134 valence electrons. The van der Waals surface area contributed by atoms with E-state index in [-0.39, 0.29) is 5.97 Å². The number of allylic oxidation sites excluding steroid dienone is 4. The molecule has 3 nitrogen and oxygen atoms in total.